The monoisotopic (exact) mass is 775 g/mol. The largest absolute Gasteiger partial charge is 0.366 e. The molecule has 1 heterocycles. The molecule has 2 N–H and O–H groups in total. The van der Waals surface area contributed by atoms with Gasteiger partial charge < -0.3 is 15.5 Å². The predicted octanol–water partition coefficient (Wildman–Crippen LogP) is 3.30. The molecule has 1 aromatic rings. The topological polar surface area (TPSA) is 122 Å². The summed E-state index contributed by atoms with van der Waals surface area (Å²) in [6, 6.07) is 0. The van der Waals surface area contributed by atoms with Crippen LogP contribution in [0.5, 0.6) is 0 Å². The Morgan fingerprint density at radius 2 is 1.31 bits per heavy atom. The first-order valence-corrected chi connectivity index (χ1v) is 12.8. The molecule has 2 fully saturated rings. The van der Waals surface area contributed by atoms with Crippen LogP contribution in [0.25, 0.3) is 0 Å². The van der Waals surface area contributed by atoms with Gasteiger partial charge in [-0.25, -0.2) is 4.79 Å². The Bertz CT molecular complexity index is 1060. The number of rotatable bonds is 4. The molecule has 3 aliphatic rings. The molecule has 2 bridgehead atoms. The molecule has 32 heavy (non-hydrogen) atoms. The normalized spacial score (nSPS) is 25.2. The van der Waals surface area contributed by atoms with E-state index in [-0.39, 0.29) is 29.2 Å². The van der Waals surface area contributed by atoms with Gasteiger partial charge in [0.05, 0.1) is 39.5 Å². The summed E-state index contributed by atoms with van der Waals surface area (Å²) in [5.74, 6) is -3.69. The molecular weight excluding hydrogens is 759 g/mol. The van der Waals surface area contributed by atoms with Crippen LogP contribution in [0.3, 0.4) is 0 Å². The third kappa shape index (κ3) is 3.84. The van der Waals surface area contributed by atoms with Crippen molar-refractivity contribution in [1.29, 1.82) is 0 Å². The highest BCUT2D eigenvalue weighted by molar-refractivity contribution is 14.1. The third-order valence-corrected chi connectivity index (χ3v) is 8.96. The number of fused-ring (bicyclic) bond motifs is 5. The van der Waals surface area contributed by atoms with Crippen molar-refractivity contribution in [2.75, 3.05) is 10.6 Å². The van der Waals surface area contributed by atoms with Gasteiger partial charge in [-0.3, -0.25) is 19.2 Å². The van der Waals surface area contributed by atoms with Gasteiger partial charge in [0, 0.05) is 13.8 Å². The number of hydrogen-bond donors (Lipinski definition) is 2. The molecule has 12 heteroatoms. The molecule has 2 aliphatic carbocycles. The average molecular weight is 775 g/mol. The minimum Gasteiger partial charge on any atom is -0.325 e. The van der Waals surface area contributed by atoms with Gasteiger partial charge in [0.2, 0.25) is 11.8 Å². The first-order valence-electron chi connectivity index (χ1n) is 9.57. The number of carbonyl (C=O) groups is 5. The lowest BCUT2D eigenvalue weighted by molar-refractivity contribution is -0.175. The van der Waals surface area contributed by atoms with Gasteiger partial charge in [-0.15, -0.1) is 5.06 Å². The van der Waals surface area contributed by atoms with E-state index in [9.17, 15) is 24.0 Å². The van der Waals surface area contributed by atoms with E-state index in [1.807, 2.05) is 79.9 Å². The Kier molecular flexibility index (Phi) is 6.56. The Morgan fingerprint density at radius 3 is 1.72 bits per heavy atom. The highest BCUT2D eigenvalue weighted by Gasteiger charge is 2.61. The van der Waals surface area contributed by atoms with Crippen molar-refractivity contribution in [2.24, 2.45) is 23.7 Å². The molecular formula is C20H16I3N3O6. The van der Waals surface area contributed by atoms with Gasteiger partial charge in [0.1, 0.15) is 0 Å². The highest BCUT2D eigenvalue weighted by atomic mass is 127. The minimum atomic E-state index is -0.921. The Balaban J connectivity index is 1.70. The number of nitrogens with one attached hydrogen (secondary N) is 2. The van der Waals surface area contributed by atoms with Crippen LogP contribution in [0.1, 0.15) is 30.6 Å². The Labute approximate surface area is 223 Å². The van der Waals surface area contributed by atoms with E-state index >= 15 is 0 Å². The lowest BCUT2D eigenvalue weighted by Crippen LogP contribution is -2.36. The summed E-state index contributed by atoms with van der Waals surface area (Å²) in [6.07, 6.45) is 4.67. The van der Waals surface area contributed by atoms with Crippen molar-refractivity contribution in [1.82, 2.24) is 5.06 Å². The Hall–Kier alpha value is -1.30. The number of anilines is 2. The van der Waals surface area contributed by atoms with Crippen LogP contribution in [0.2, 0.25) is 0 Å². The number of imide groups is 1. The van der Waals surface area contributed by atoms with Crippen molar-refractivity contribution in [3.8, 4) is 0 Å². The van der Waals surface area contributed by atoms with Crippen LogP contribution in [-0.2, 0) is 24.0 Å². The van der Waals surface area contributed by atoms with E-state index in [0.717, 1.165) is 6.42 Å². The number of halogens is 3. The van der Waals surface area contributed by atoms with Crippen molar-refractivity contribution >= 4 is 109 Å². The maximum absolute atomic E-state index is 13.2. The zero-order chi connectivity index (χ0) is 23.5. The molecule has 4 atom stereocenters. The van der Waals surface area contributed by atoms with Crippen LogP contribution < -0.4 is 10.6 Å². The quantitative estimate of drug-likeness (QED) is 0.276. The number of hydroxylamine groups is 2. The third-order valence-electron chi connectivity index (χ3n) is 5.73. The fourth-order valence-electron chi connectivity index (χ4n) is 4.51. The Morgan fingerprint density at radius 1 is 0.875 bits per heavy atom. The number of allylic oxidation sites excluding steroid dienone is 2. The fraction of sp³-hybridized carbons (Fsp3) is 0.350. The van der Waals surface area contributed by atoms with E-state index in [4.69, 9.17) is 4.84 Å². The minimum absolute atomic E-state index is 0.0125. The zero-order valence-corrected chi connectivity index (χ0v) is 23.2. The molecule has 1 aromatic carbocycles. The van der Waals surface area contributed by atoms with Crippen LogP contribution in [0, 0.1) is 34.4 Å². The zero-order valence-electron chi connectivity index (χ0n) is 16.7. The van der Waals surface area contributed by atoms with E-state index in [0.29, 0.717) is 27.1 Å². The summed E-state index contributed by atoms with van der Waals surface area (Å²) < 4.78 is 1.27. The maximum atomic E-state index is 13.2. The van der Waals surface area contributed by atoms with E-state index < -0.39 is 29.6 Å². The highest BCUT2D eigenvalue weighted by Crippen LogP contribution is 2.52. The molecule has 1 saturated carbocycles. The first kappa shape index (κ1) is 23.8. The van der Waals surface area contributed by atoms with Gasteiger partial charge in [0.25, 0.3) is 11.8 Å². The molecule has 4 rings (SSSR count). The molecule has 0 aromatic heterocycles. The van der Waals surface area contributed by atoms with Crippen molar-refractivity contribution in [2.45, 2.75) is 20.3 Å². The number of carbonyl (C=O) groups excluding carboxylic acids is 5. The standard InChI is InChI=1S/C20H16I3N3O6/c1-6(27)24-16-13(21)12(14(22)17(15(16)23)25-7(2)28)20(31)32-26-18(29)10-8-3-4-9(5-8)11(10)19(26)30/h3-4,8-11H,5H2,1-2H3,(H,24,27)(H,25,28). The van der Waals surface area contributed by atoms with Gasteiger partial charge in [0.15, 0.2) is 0 Å². The second-order valence-electron chi connectivity index (χ2n) is 7.78. The number of amides is 4. The number of nitrogens with zero attached hydrogens (tertiary/aromatic N) is 1. The predicted molar refractivity (Wildman–Crippen MR) is 138 cm³/mol. The van der Waals surface area contributed by atoms with Crippen molar-refractivity contribution in [3.63, 3.8) is 0 Å². The molecule has 1 saturated heterocycles. The van der Waals surface area contributed by atoms with Gasteiger partial charge in [-0.2, -0.15) is 0 Å². The summed E-state index contributed by atoms with van der Waals surface area (Å²) in [5.41, 5.74) is 0.693. The summed E-state index contributed by atoms with van der Waals surface area (Å²) in [4.78, 5) is 67.8. The van der Waals surface area contributed by atoms with Crippen LogP contribution >= 0.6 is 67.8 Å². The summed E-state index contributed by atoms with van der Waals surface area (Å²) in [5, 5.41) is 5.93. The van der Waals surface area contributed by atoms with E-state index in [1.165, 1.54) is 13.8 Å². The molecule has 9 nitrogen and oxygen atoms in total. The van der Waals surface area contributed by atoms with Crippen molar-refractivity contribution < 1.29 is 28.8 Å². The molecule has 4 unspecified atom stereocenters. The lowest BCUT2D eigenvalue weighted by atomic mass is 9.85. The van der Waals surface area contributed by atoms with Crippen LogP contribution in [-0.4, -0.2) is 34.7 Å². The molecule has 168 valence electrons. The first-order chi connectivity index (χ1) is 15.0. The molecule has 1 aliphatic heterocycles. The second-order valence-corrected chi connectivity index (χ2v) is 11.0. The van der Waals surface area contributed by atoms with Gasteiger partial charge >= 0.3 is 5.97 Å². The number of hydrogen-bond acceptors (Lipinski definition) is 6. The number of benzene rings is 1. The molecule has 0 radical (unpaired) electrons. The second kappa shape index (κ2) is 8.81. The summed E-state index contributed by atoms with van der Waals surface area (Å²) in [6.45, 7) is 2.64. The summed E-state index contributed by atoms with van der Waals surface area (Å²) in [7, 11) is 0. The smallest absolute Gasteiger partial charge is 0.325 e. The van der Waals surface area contributed by atoms with Gasteiger partial charge in [-0.1, -0.05) is 12.2 Å². The lowest BCUT2D eigenvalue weighted by Gasteiger charge is -2.21. The van der Waals surface area contributed by atoms with E-state index in [1.54, 1.807) is 0 Å². The maximum Gasteiger partial charge on any atom is 0.366 e. The van der Waals surface area contributed by atoms with Crippen LogP contribution in [0.4, 0.5) is 11.4 Å². The molecule has 4 amide bonds. The van der Waals surface area contributed by atoms with Gasteiger partial charge in [-0.05, 0) is 86.0 Å². The van der Waals surface area contributed by atoms with E-state index in [2.05, 4.69) is 10.6 Å². The SMILES string of the molecule is CC(=O)Nc1c(I)c(NC(C)=O)c(I)c(C(=O)ON2C(=O)C3C4C=CC(C4)C3C2=O)c1I. The molecule has 0 spiro atoms. The average Bonchev–Trinajstić information content (AvgIpc) is 3.38. The van der Waals surface area contributed by atoms with Crippen molar-refractivity contribution in [3.05, 3.63) is 28.4 Å². The van der Waals surface area contributed by atoms with Crippen LogP contribution in [0.15, 0.2) is 12.2 Å². The summed E-state index contributed by atoms with van der Waals surface area (Å²) >= 11 is 5.76. The fourth-order valence-corrected chi connectivity index (χ4v) is 8.65.